The summed E-state index contributed by atoms with van der Waals surface area (Å²) in [5.74, 6) is 0.344. The number of amides is 1. The summed E-state index contributed by atoms with van der Waals surface area (Å²) in [5, 5.41) is 17.5. The summed E-state index contributed by atoms with van der Waals surface area (Å²) in [4.78, 5) is 12.1. The van der Waals surface area contributed by atoms with Crippen molar-refractivity contribution >= 4 is 17.6 Å². The molecule has 0 fully saturated rings. The van der Waals surface area contributed by atoms with Gasteiger partial charge < -0.3 is 21.5 Å². The number of nitrogens with two attached hydrogens (primary N) is 2. The fraction of sp³-hybridized carbons (Fsp3) is 0.167. The van der Waals surface area contributed by atoms with Crippen molar-refractivity contribution in [3.63, 3.8) is 0 Å². The highest BCUT2D eigenvalue weighted by molar-refractivity contribution is 5.98. The zero-order chi connectivity index (χ0) is 18.4. The van der Waals surface area contributed by atoms with Gasteiger partial charge in [0, 0.05) is 16.7 Å². The molecule has 25 heavy (non-hydrogen) atoms. The first-order valence-corrected chi connectivity index (χ1v) is 7.69. The van der Waals surface area contributed by atoms with Crippen molar-refractivity contribution in [2.75, 3.05) is 13.2 Å². The number of rotatable bonds is 7. The van der Waals surface area contributed by atoms with Crippen molar-refractivity contribution in [2.24, 2.45) is 11.5 Å². The maximum atomic E-state index is 12.1. The van der Waals surface area contributed by atoms with Crippen LogP contribution in [0, 0.1) is 17.7 Å². The monoisotopic (exact) mass is 339 g/mol. The van der Waals surface area contributed by atoms with Gasteiger partial charge in [0.2, 0.25) is 0 Å². The van der Waals surface area contributed by atoms with Gasteiger partial charge >= 0.3 is 0 Å². The maximum Gasteiger partial charge on any atom is 0.251 e. The molecule has 0 aliphatic carbocycles. The van der Waals surface area contributed by atoms with Gasteiger partial charge in [0.1, 0.15) is 24.0 Å². The second-order valence-corrected chi connectivity index (χ2v) is 5.49. The molecule has 0 atom stereocenters. The van der Waals surface area contributed by atoms with Crippen molar-refractivity contribution in [3.05, 3.63) is 64.7 Å². The Kier molecular flexibility index (Phi) is 5.73. The van der Waals surface area contributed by atoms with Crippen LogP contribution in [-0.4, -0.2) is 30.7 Å². The minimum absolute atomic E-state index is 0.0211. The van der Waals surface area contributed by atoms with Gasteiger partial charge in [-0.25, -0.2) is 0 Å². The molecule has 0 aliphatic rings. The van der Waals surface area contributed by atoms with Gasteiger partial charge in [0.15, 0.2) is 0 Å². The Morgan fingerprint density at radius 3 is 2.16 bits per heavy atom. The van der Waals surface area contributed by atoms with Gasteiger partial charge in [0.25, 0.3) is 5.91 Å². The number of amidine groups is 2. The Morgan fingerprint density at radius 1 is 1.00 bits per heavy atom. The SMILES string of the molecule is Cc1ccc(C(=N)N)cc1OCCNC(=O)c1ccc(C(=N)N)cc1. The van der Waals surface area contributed by atoms with Crippen LogP contribution in [0.2, 0.25) is 0 Å². The lowest BCUT2D eigenvalue weighted by Gasteiger charge is -2.11. The Labute approximate surface area is 146 Å². The molecule has 7 N–H and O–H groups in total. The van der Waals surface area contributed by atoms with Crippen LogP contribution in [0.15, 0.2) is 42.5 Å². The number of aryl methyl sites for hydroxylation is 1. The van der Waals surface area contributed by atoms with Crippen LogP contribution in [0.4, 0.5) is 0 Å². The maximum absolute atomic E-state index is 12.1. The zero-order valence-corrected chi connectivity index (χ0v) is 13.9. The standard InChI is InChI=1S/C18H21N5O2/c1-11-2-3-14(17(21)22)10-15(11)25-9-8-23-18(24)13-6-4-12(5-7-13)16(19)20/h2-7,10H,8-9H2,1H3,(H3,19,20)(H3,21,22)(H,23,24). The van der Waals surface area contributed by atoms with Crippen LogP contribution in [-0.2, 0) is 0 Å². The molecule has 0 heterocycles. The third kappa shape index (κ3) is 4.81. The molecule has 0 bridgehead atoms. The predicted octanol–water partition coefficient (Wildman–Crippen LogP) is 1.37. The number of nitrogens with one attached hydrogen (secondary N) is 3. The van der Waals surface area contributed by atoms with E-state index < -0.39 is 0 Å². The highest BCUT2D eigenvalue weighted by atomic mass is 16.5. The fourth-order valence-corrected chi connectivity index (χ4v) is 2.15. The largest absolute Gasteiger partial charge is 0.491 e. The summed E-state index contributed by atoms with van der Waals surface area (Å²) in [6, 6.07) is 11.8. The van der Waals surface area contributed by atoms with Crippen LogP contribution < -0.4 is 21.5 Å². The average Bonchev–Trinajstić information content (AvgIpc) is 2.59. The summed E-state index contributed by atoms with van der Waals surface area (Å²) in [6.45, 7) is 2.52. The molecule has 2 rings (SSSR count). The molecule has 0 spiro atoms. The molecule has 7 nitrogen and oxygen atoms in total. The molecular formula is C18H21N5O2. The van der Waals surface area contributed by atoms with Crippen LogP contribution >= 0.6 is 0 Å². The Balaban J connectivity index is 1.86. The number of carbonyl (C=O) groups is 1. The van der Waals surface area contributed by atoms with E-state index in [0.717, 1.165) is 5.56 Å². The second kappa shape index (κ2) is 7.96. The van der Waals surface area contributed by atoms with Crippen molar-refractivity contribution in [2.45, 2.75) is 6.92 Å². The molecule has 1 amide bonds. The van der Waals surface area contributed by atoms with Crippen molar-refractivity contribution in [1.82, 2.24) is 5.32 Å². The first-order valence-electron chi connectivity index (χ1n) is 7.69. The van der Waals surface area contributed by atoms with Gasteiger partial charge in [-0.15, -0.1) is 0 Å². The number of carbonyl (C=O) groups excluding carboxylic acids is 1. The summed E-state index contributed by atoms with van der Waals surface area (Å²) < 4.78 is 5.65. The molecule has 7 heteroatoms. The first-order chi connectivity index (χ1) is 11.9. The lowest BCUT2D eigenvalue weighted by atomic mass is 10.1. The summed E-state index contributed by atoms with van der Waals surface area (Å²) >= 11 is 0. The average molecular weight is 339 g/mol. The van der Waals surface area contributed by atoms with Crippen molar-refractivity contribution in [1.29, 1.82) is 10.8 Å². The Bertz CT molecular complexity index is 800. The summed E-state index contributed by atoms with van der Waals surface area (Å²) in [7, 11) is 0. The van der Waals surface area contributed by atoms with E-state index in [2.05, 4.69) is 5.32 Å². The zero-order valence-electron chi connectivity index (χ0n) is 13.9. The lowest BCUT2D eigenvalue weighted by molar-refractivity contribution is 0.0947. The van der Waals surface area contributed by atoms with Gasteiger partial charge in [0.05, 0.1) is 6.54 Å². The van der Waals surface area contributed by atoms with Crippen LogP contribution in [0.25, 0.3) is 0 Å². The minimum atomic E-state index is -0.229. The van der Waals surface area contributed by atoms with Gasteiger partial charge in [-0.1, -0.05) is 24.3 Å². The van der Waals surface area contributed by atoms with Crippen molar-refractivity contribution < 1.29 is 9.53 Å². The highest BCUT2D eigenvalue weighted by Gasteiger charge is 2.07. The molecule has 130 valence electrons. The van der Waals surface area contributed by atoms with E-state index in [1.54, 1.807) is 36.4 Å². The second-order valence-electron chi connectivity index (χ2n) is 5.49. The van der Waals surface area contributed by atoms with E-state index in [1.165, 1.54) is 0 Å². The number of hydrogen-bond donors (Lipinski definition) is 5. The highest BCUT2D eigenvalue weighted by Crippen LogP contribution is 2.19. The van der Waals surface area contributed by atoms with Crippen LogP contribution in [0.1, 0.15) is 27.0 Å². The van der Waals surface area contributed by atoms with Crippen LogP contribution in [0.5, 0.6) is 5.75 Å². The van der Waals surface area contributed by atoms with E-state index in [-0.39, 0.29) is 17.6 Å². The van der Waals surface area contributed by atoms with E-state index in [4.69, 9.17) is 27.0 Å². The van der Waals surface area contributed by atoms with Gasteiger partial charge in [-0.2, -0.15) is 0 Å². The number of benzene rings is 2. The summed E-state index contributed by atoms with van der Waals surface area (Å²) in [5.41, 5.74) is 13.4. The van der Waals surface area contributed by atoms with E-state index in [9.17, 15) is 4.79 Å². The number of hydrogen-bond acceptors (Lipinski definition) is 4. The molecule has 0 aliphatic heterocycles. The lowest BCUT2D eigenvalue weighted by Crippen LogP contribution is -2.28. The number of ether oxygens (including phenoxy) is 1. The molecule has 0 aromatic heterocycles. The van der Waals surface area contributed by atoms with Gasteiger partial charge in [-0.3, -0.25) is 15.6 Å². The fourth-order valence-electron chi connectivity index (χ4n) is 2.15. The van der Waals surface area contributed by atoms with Gasteiger partial charge in [-0.05, 0) is 30.7 Å². The quantitative estimate of drug-likeness (QED) is 0.295. The molecule has 0 saturated carbocycles. The van der Waals surface area contributed by atoms with Crippen LogP contribution in [0.3, 0.4) is 0 Å². The topological polar surface area (TPSA) is 138 Å². The predicted molar refractivity (Wildman–Crippen MR) is 97.5 cm³/mol. The number of nitrogen functional groups attached to an aromatic ring is 2. The smallest absolute Gasteiger partial charge is 0.251 e. The molecular weight excluding hydrogens is 318 g/mol. The molecule has 2 aromatic carbocycles. The van der Waals surface area contributed by atoms with E-state index in [1.807, 2.05) is 13.0 Å². The molecule has 0 radical (unpaired) electrons. The first kappa shape index (κ1) is 18.0. The normalized spacial score (nSPS) is 10.1. The minimum Gasteiger partial charge on any atom is -0.491 e. The van der Waals surface area contributed by atoms with E-state index in [0.29, 0.717) is 35.6 Å². The Hall–Kier alpha value is -3.35. The van der Waals surface area contributed by atoms with Crippen molar-refractivity contribution in [3.8, 4) is 5.75 Å². The third-order valence-corrected chi connectivity index (χ3v) is 3.60. The molecule has 2 aromatic rings. The summed E-state index contributed by atoms with van der Waals surface area (Å²) in [6.07, 6.45) is 0. The van der Waals surface area contributed by atoms with E-state index >= 15 is 0 Å². The molecule has 0 unspecified atom stereocenters. The Morgan fingerprint density at radius 2 is 1.56 bits per heavy atom. The third-order valence-electron chi connectivity index (χ3n) is 3.60. The molecule has 0 saturated heterocycles.